The molecule has 0 unspecified atom stereocenters. The van der Waals surface area contributed by atoms with Crippen LogP contribution >= 0.6 is 0 Å². The summed E-state index contributed by atoms with van der Waals surface area (Å²) < 4.78 is 5.14. The fraction of sp³-hybridized carbons (Fsp3) is 0.364. The lowest BCUT2D eigenvalue weighted by molar-refractivity contribution is -0.136. The van der Waals surface area contributed by atoms with Crippen molar-refractivity contribution >= 4 is 23.8 Å². The Morgan fingerprint density at radius 1 is 0.968 bits per heavy atom. The van der Waals surface area contributed by atoms with Crippen LogP contribution in [0, 0.1) is 0 Å². The number of benzene rings is 1. The molecule has 0 bridgehead atoms. The van der Waals surface area contributed by atoms with Crippen LogP contribution in [0.2, 0.25) is 0 Å². The molecule has 0 spiro atoms. The number of rotatable bonds is 6. The second-order valence-corrected chi connectivity index (χ2v) is 7.58. The molecule has 162 valence electrons. The minimum atomic E-state index is -0.849. The van der Waals surface area contributed by atoms with Crippen molar-refractivity contribution < 1.29 is 23.6 Å². The van der Waals surface area contributed by atoms with Gasteiger partial charge >= 0.3 is 6.03 Å². The predicted octanol–water partition coefficient (Wildman–Crippen LogP) is 1.12. The molecule has 1 N–H and O–H groups in total. The Kier molecular flexibility index (Phi) is 6.01. The minimum Gasteiger partial charge on any atom is -0.459 e. The second-order valence-electron chi connectivity index (χ2n) is 7.58. The summed E-state index contributed by atoms with van der Waals surface area (Å²) in [4.78, 5) is 54.3. The molecule has 0 radical (unpaired) electrons. The van der Waals surface area contributed by atoms with Gasteiger partial charge in [0.1, 0.15) is 6.04 Å². The third-order valence-corrected chi connectivity index (χ3v) is 5.60. The van der Waals surface area contributed by atoms with Gasteiger partial charge < -0.3 is 19.5 Å². The third kappa shape index (κ3) is 4.60. The molecule has 2 saturated heterocycles. The lowest BCUT2D eigenvalue weighted by Gasteiger charge is -2.34. The molecule has 1 aromatic carbocycles. The Morgan fingerprint density at radius 3 is 2.35 bits per heavy atom. The molecule has 0 saturated carbocycles. The highest BCUT2D eigenvalue weighted by Gasteiger charge is 2.39. The average Bonchev–Trinajstić information content (AvgIpc) is 3.42. The van der Waals surface area contributed by atoms with Crippen LogP contribution in [-0.4, -0.2) is 77.2 Å². The van der Waals surface area contributed by atoms with Gasteiger partial charge in [-0.1, -0.05) is 30.3 Å². The predicted molar refractivity (Wildman–Crippen MR) is 110 cm³/mol. The Balaban J connectivity index is 1.26. The van der Waals surface area contributed by atoms with E-state index in [0.29, 0.717) is 32.6 Å². The highest BCUT2D eigenvalue weighted by Crippen LogP contribution is 2.15. The first kappa shape index (κ1) is 20.6. The summed E-state index contributed by atoms with van der Waals surface area (Å²) >= 11 is 0. The number of urea groups is 1. The normalized spacial score (nSPS) is 19.0. The molecule has 31 heavy (non-hydrogen) atoms. The number of carbonyl (C=O) groups excluding carboxylic acids is 4. The van der Waals surface area contributed by atoms with Crippen LogP contribution in [0.5, 0.6) is 0 Å². The van der Waals surface area contributed by atoms with E-state index < -0.39 is 12.1 Å². The zero-order valence-corrected chi connectivity index (χ0v) is 17.0. The largest absolute Gasteiger partial charge is 0.459 e. The van der Waals surface area contributed by atoms with Crippen molar-refractivity contribution in [3.63, 3.8) is 0 Å². The first-order chi connectivity index (χ1) is 15.0. The zero-order chi connectivity index (χ0) is 21.8. The van der Waals surface area contributed by atoms with E-state index in [1.54, 1.807) is 21.9 Å². The van der Waals surface area contributed by atoms with E-state index in [-0.39, 0.29) is 36.4 Å². The summed E-state index contributed by atoms with van der Waals surface area (Å²) in [6.45, 7) is 1.79. The number of carbonyl (C=O) groups is 4. The molecule has 2 aromatic rings. The van der Waals surface area contributed by atoms with Crippen molar-refractivity contribution in [2.24, 2.45) is 0 Å². The number of hydrogen-bond donors (Lipinski definition) is 1. The average molecular weight is 424 g/mol. The van der Waals surface area contributed by atoms with E-state index in [4.69, 9.17) is 4.42 Å². The summed E-state index contributed by atoms with van der Waals surface area (Å²) in [6, 6.07) is 11.6. The van der Waals surface area contributed by atoms with E-state index in [9.17, 15) is 19.2 Å². The molecular formula is C22H24N4O5. The fourth-order valence-corrected chi connectivity index (χ4v) is 3.83. The van der Waals surface area contributed by atoms with Crippen molar-refractivity contribution in [1.29, 1.82) is 0 Å². The topological polar surface area (TPSA) is 103 Å². The number of hydrogen-bond acceptors (Lipinski definition) is 5. The SMILES string of the molecule is O=C(C[C@H]1NC(=O)N(CCc2ccccc2)C1=O)N1CCN(C(=O)c2ccco2)CC1. The van der Waals surface area contributed by atoms with Gasteiger partial charge in [0.05, 0.1) is 12.7 Å². The molecule has 2 fully saturated rings. The van der Waals surface area contributed by atoms with Crippen molar-refractivity contribution in [2.75, 3.05) is 32.7 Å². The van der Waals surface area contributed by atoms with E-state index in [1.165, 1.54) is 11.2 Å². The van der Waals surface area contributed by atoms with Gasteiger partial charge in [0.2, 0.25) is 5.91 Å². The van der Waals surface area contributed by atoms with Gasteiger partial charge in [-0.3, -0.25) is 19.3 Å². The number of nitrogens with one attached hydrogen (secondary N) is 1. The van der Waals surface area contributed by atoms with Crippen LogP contribution in [0.4, 0.5) is 4.79 Å². The van der Waals surface area contributed by atoms with Crippen molar-refractivity contribution in [1.82, 2.24) is 20.0 Å². The lowest BCUT2D eigenvalue weighted by atomic mass is 10.1. The molecule has 9 heteroatoms. The van der Waals surface area contributed by atoms with Crippen molar-refractivity contribution in [3.8, 4) is 0 Å². The Hall–Kier alpha value is -3.62. The lowest BCUT2D eigenvalue weighted by Crippen LogP contribution is -2.51. The van der Waals surface area contributed by atoms with E-state index >= 15 is 0 Å². The van der Waals surface area contributed by atoms with Gasteiger partial charge in [-0.15, -0.1) is 0 Å². The minimum absolute atomic E-state index is 0.0848. The Labute approximate surface area is 179 Å². The summed E-state index contributed by atoms with van der Waals surface area (Å²) in [5, 5.41) is 2.62. The van der Waals surface area contributed by atoms with E-state index in [0.717, 1.165) is 5.56 Å². The highest BCUT2D eigenvalue weighted by atomic mass is 16.3. The molecule has 1 aromatic heterocycles. The number of furan rings is 1. The third-order valence-electron chi connectivity index (χ3n) is 5.60. The van der Waals surface area contributed by atoms with Crippen LogP contribution in [-0.2, 0) is 16.0 Å². The Morgan fingerprint density at radius 2 is 1.68 bits per heavy atom. The first-order valence-corrected chi connectivity index (χ1v) is 10.3. The maximum Gasteiger partial charge on any atom is 0.324 e. The molecular weight excluding hydrogens is 400 g/mol. The molecule has 3 heterocycles. The molecule has 5 amide bonds. The first-order valence-electron chi connectivity index (χ1n) is 10.3. The standard InChI is InChI=1S/C22H24N4O5/c27-19(24-10-12-25(13-11-24)21(29)18-7-4-14-31-18)15-17-20(28)26(22(30)23-17)9-8-16-5-2-1-3-6-16/h1-7,14,17H,8-13,15H2,(H,23,30)/t17-/m1/s1. The number of amides is 5. The smallest absolute Gasteiger partial charge is 0.324 e. The number of piperazine rings is 1. The molecule has 1 atom stereocenters. The monoisotopic (exact) mass is 424 g/mol. The maximum absolute atomic E-state index is 12.7. The summed E-state index contributed by atoms with van der Waals surface area (Å²) in [6.07, 6.45) is 1.92. The van der Waals surface area contributed by atoms with Gasteiger partial charge in [-0.2, -0.15) is 0 Å². The Bertz CT molecular complexity index is 952. The summed E-state index contributed by atoms with van der Waals surface area (Å²) in [7, 11) is 0. The van der Waals surface area contributed by atoms with Gasteiger partial charge in [-0.05, 0) is 24.1 Å². The maximum atomic E-state index is 12.7. The van der Waals surface area contributed by atoms with Crippen LogP contribution in [0.15, 0.2) is 53.1 Å². The number of imide groups is 1. The van der Waals surface area contributed by atoms with Gasteiger partial charge in [0.25, 0.3) is 11.8 Å². The van der Waals surface area contributed by atoms with Crippen LogP contribution in [0.25, 0.3) is 0 Å². The van der Waals surface area contributed by atoms with Gasteiger partial charge in [0, 0.05) is 32.7 Å². The summed E-state index contributed by atoms with van der Waals surface area (Å²) in [5.41, 5.74) is 1.03. The van der Waals surface area contributed by atoms with Crippen LogP contribution in [0.3, 0.4) is 0 Å². The molecule has 2 aliphatic rings. The van der Waals surface area contributed by atoms with Gasteiger partial charge in [-0.25, -0.2) is 4.79 Å². The van der Waals surface area contributed by atoms with Crippen molar-refractivity contribution in [2.45, 2.75) is 18.9 Å². The quantitative estimate of drug-likeness (QED) is 0.700. The van der Waals surface area contributed by atoms with Gasteiger partial charge in [0.15, 0.2) is 5.76 Å². The van der Waals surface area contributed by atoms with Crippen LogP contribution in [0.1, 0.15) is 22.5 Å². The van der Waals surface area contributed by atoms with E-state index in [2.05, 4.69) is 5.32 Å². The molecule has 4 rings (SSSR count). The number of nitrogens with zero attached hydrogens (tertiary/aromatic N) is 3. The molecule has 0 aliphatic carbocycles. The van der Waals surface area contributed by atoms with Crippen molar-refractivity contribution in [3.05, 3.63) is 60.1 Å². The zero-order valence-electron chi connectivity index (χ0n) is 17.0. The fourth-order valence-electron chi connectivity index (χ4n) is 3.83. The molecule has 9 nitrogen and oxygen atoms in total. The summed E-state index contributed by atoms with van der Waals surface area (Å²) in [5.74, 6) is -0.520. The molecule has 2 aliphatic heterocycles. The van der Waals surface area contributed by atoms with E-state index in [1.807, 2.05) is 30.3 Å². The highest BCUT2D eigenvalue weighted by molar-refractivity contribution is 6.05. The van der Waals surface area contributed by atoms with Crippen LogP contribution < -0.4 is 5.32 Å². The second kappa shape index (κ2) is 9.03.